The molecule has 0 aromatic rings. The summed E-state index contributed by atoms with van der Waals surface area (Å²) in [4.78, 5) is 12.4. The summed E-state index contributed by atoms with van der Waals surface area (Å²) in [6.07, 6.45) is 4.68. The van der Waals surface area contributed by atoms with Crippen LogP contribution in [-0.4, -0.2) is 44.9 Å². The molecular weight excluding hydrogens is 232 g/mol. The summed E-state index contributed by atoms with van der Waals surface area (Å²) in [7, 11) is 1.72. The lowest BCUT2D eigenvalue weighted by molar-refractivity contribution is -0.139. The Hall–Kier alpha value is -0.650. The van der Waals surface area contributed by atoms with Crippen molar-refractivity contribution in [2.45, 2.75) is 37.7 Å². The smallest absolute Gasteiger partial charge is 0.227 e. The van der Waals surface area contributed by atoms with Crippen molar-refractivity contribution in [3.63, 3.8) is 0 Å². The Morgan fingerprint density at radius 2 is 2.00 bits per heavy atom. The molecule has 0 bridgehead atoms. The van der Waals surface area contributed by atoms with Crippen LogP contribution < -0.4 is 11.1 Å². The van der Waals surface area contributed by atoms with Gasteiger partial charge in [-0.1, -0.05) is 0 Å². The Bertz CT molecular complexity index is 291. The molecule has 0 unspecified atom stereocenters. The Kier molecular flexibility index (Phi) is 4.25. The second kappa shape index (κ2) is 5.55. The van der Waals surface area contributed by atoms with E-state index in [0.717, 1.165) is 25.7 Å². The standard InChI is InChI=1S/C13H24N2O3/c1-17-13(3-2-4-13)10-15-11(16)12(9-14)5-7-18-8-6-12/h2-10,14H2,1H3,(H,15,16). The molecule has 0 aromatic carbocycles. The van der Waals surface area contributed by atoms with E-state index in [0.29, 0.717) is 26.3 Å². The average molecular weight is 256 g/mol. The van der Waals surface area contributed by atoms with Gasteiger partial charge in [-0.05, 0) is 32.1 Å². The fourth-order valence-corrected chi connectivity index (χ4v) is 2.74. The first-order chi connectivity index (χ1) is 8.66. The summed E-state index contributed by atoms with van der Waals surface area (Å²) in [6.45, 7) is 2.24. The van der Waals surface area contributed by atoms with Crippen LogP contribution in [0.4, 0.5) is 0 Å². The van der Waals surface area contributed by atoms with Gasteiger partial charge in [-0.15, -0.1) is 0 Å². The van der Waals surface area contributed by atoms with Crippen LogP contribution >= 0.6 is 0 Å². The zero-order valence-electron chi connectivity index (χ0n) is 11.2. The number of rotatable bonds is 5. The first-order valence-corrected chi connectivity index (χ1v) is 6.78. The van der Waals surface area contributed by atoms with Crippen LogP contribution in [0.25, 0.3) is 0 Å². The molecule has 1 saturated heterocycles. The second-order valence-electron chi connectivity index (χ2n) is 5.52. The lowest BCUT2D eigenvalue weighted by Gasteiger charge is -2.42. The molecule has 1 heterocycles. The molecule has 1 aliphatic heterocycles. The first kappa shape index (κ1) is 13.8. The van der Waals surface area contributed by atoms with Gasteiger partial charge in [0.05, 0.1) is 11.0 Å². The first-order valence-electron chi connectivity index (χ1n) is 6.78. The van der Waals surface area contributed by atoms with Crippen molar-refractivity contribution < 1.29 is 14.3 Å². The number of carbonyl (C=O) groups excluding carboxylic acids is 1. The Labute approximate surface area is 108 Å². The number of ether oxygens (including phenoxy) is 2. The van der Waals surface area contributed by atoms with Crippen LogP contribution in [0.1, 0.15) is 32.1 Å². The minimum atomic E-state index is -0.434. The largest absolute Gasteiger partial charge is 0.381 e. The lowest BCUT2D eigenvalue weighted by Crippen LogP contribution is -2.55. The van der Waals surface area contributed by atoms with E-state index in [1.165, 1.54) is 6.42 Å². The minimum Gasteiger partial charge on any atom is -0.381 e. The quantitative estimate of drug-likeness (QED) is 0.748. The third-order valence-electron chi connectivity index (χ3n) is 4.59. The van der Waals surface area contributed by atoms with Crippen LogP contribution in [0, 0.1) is 5.41 Å². The van der Waals surface area contributed by atoms with Gasteiger partial charge >= 0.3 is 0 Å². The molecule has 3 N–H and O–H groups in total. The molecule has 0 spiro atoms. The molecule has 18 heavy (non-hydrogen) atoms. The molecule has 5 nitrogen and oxygen atoms in total. The normalized spacial score (nSPS) is 25.2. The van der Waals surface area contributed by atoms with Gasteiger partial charge in [-0.25, -0.2) is 0 Å². The van der Waals surface area contributed by atoms with E-state index >= 15 is 0 Å². The molecule has 0 aromatic heterocycles. The van der Waals surface area contributed by atoms with Crippen molar-refractivity contribution in [2.75, 3.05) is 33.4 Å². The molecule has 104 valence electrons. The molecule has 2 rings (SSSR count). The highest BCUT2D eigenvalue weighted by atomic mass is 16.5. The molecule has 2 fully saturated rings. The van der Waals surface area contributed by atoms with Crippen molar-refractivity contribution >= 4 is 5.91 Å². The van der Waals surface area contributed by atoms with Crippen molar-refractivity contribution in [3.05, 3.63) is 0 Å². The molecular formula is C13H24N2O3. The highest BCUT2D eigenvalue weighted by molar-refractivity contribution is 5.83. The fraction of sp³-hybridized carbons (Fsp3) is 0.923. The monoisotopic (exact) mass is 256 g/mol. The lowest BCUT2D eigenvalue weighted by atomic mass is 9.77. The van der Waals surface area contributed by atoms with Crippen molar-refractivity contribution in [3.8, 4) is 0 Å². The van der Waals surface area contributed by atoms with E-state index in [1.54, 1.807) is 7.11 Å². The average Bonchev–Trinajstić information content (AvgIpc) is 2.38. The Morgan fingerprint density at radius 3 is 2.44 bits per heavy atom. The topological polar surface area (TPSA) is 73.6 Å². The summed E-state index contributed by atoms with van der Waals surface area (Å²) < 4.78 is 10.8. The number of methoxy groups -OCH3 is 1. The summed E-state index contributed by atoms with van der Waals surface area (Å²) in [6, 6.07) is 0. The third kappa shape index (κ3) is 2.53. The van der Waals surface area contributed by atoms with Crippen LogP contribution in [0.2, 0.25) is 0 Å². The minimum absolute atomic E-state index is 0.0663. The van der Waals surface area contributed by atoms with Crippen LogP contribution in [0.5, 0.6) is 0 Å². The molecule has 1 saturated carbocycles. The highest BCUT2D eigenvalue weighted by Crippen LogP contribution is 2.35. The number of nitrogens with one attached hydrogen (secondary N) is 1. The predicted octanol–water partition coefficient (Wildman–Crippen LogP) is 0.427. The number of amides is 1. The van der Waals surface area contributed by atoms with E-state index in [9.17, 15) is 4.79 Å². The Balaban J connectivity index is 1.89. The van der Waals surface area contributed by atoms with Gasteiger partial charge in [-0.2, -0.15) is 0 Å². The van der Waals surface area contributed by atoms with Crippen molar-refractivity contribution in [1.29, 1.82) is 0 Å². The van der Waals surface area contributed by atoms with Crippen molar-refractivity contribution in [2.24, 2.45) is 11.1 Å². The van der Waals surface area contributed by atoms with E-state index < -0.39 is 5.41 Å². The van der Waals surface area contributed by atoms with E-state index in [4.69, 9.17) is 15.2 Å². The number of hydrogen-bond acceptors (Lipinski definition) is 4. The van der Waals surface area contributed by atoms with Gasteiger partial charge in [0, 0.05) is 33.4 Å². The highest BCUT2D eigenvalue weighted by Gasteiger charge is 2.42. The maximum absolute atomic E-state index is 12.4. The molecule has 0 radical (unpaired) electrons. The molecule has 2 aliphatic rings. The maximum atomic E-state index is 12.4. The molecule has 1 aliphatic carbocycles. The fourth-order valence-electron chi connectivity index (χ4n) is 2.74. The summed E-state index contributed by atoms with van der Waals surface area (Å²) >= 11 is 0. The van der Waals surface area contributed by atoms with Gasteiger partial charge in [-0.3, -0.25) is 4.79 Å². The van der Waals surface area contributed by atoms with Crippen LogP contribution in [-0.2, 0) is 14.3 Å². The van der Waals surface area contributed by atoms with Gasteiger partial charge in [0.15, 0.2) is 0 Å². The SMILES string of the molecule is COC1(CNC(=O)C2(CN)CCOCC2)CCC1. The zero-order valence-corrected chi connectivity index (χ0v) is 11.2. The van der Waals surface area contributed by atoms with E-state index in [2.05, 4.69) is 5.32 Å². The number of hydrogen-bond donors (Lipinski definition) is 2. The molecule has 0 atom stereocenters. The van der Waals surface area contributed by atoms with Crippen molar-refractivity contribution in [1.82, 2.24) is 5.32 Å². The summed E-state index contributed by atoms with van der Waals surface area (Å²) in [5, 5.41) is 3.04. The Morgan fingerprint density at radius 1 is 1.33 bits per heavy atom. The maximum Gasteiger partial charge on any atom is 0.227 e. The van der Waals surface area contributed by atoms with E-state index in [-0.39, 0.29) is 11.5 Å². The molecule has 1 amide bonds. The van der Waals surface area contributed by atoms with Gasteiger partial charge in [0.2, 0.25) is 5.91 Å². The van der Waals surface area contributed by atoms with Crippen LogP contribution in [0.15, 0.2) is 0 Å². The summed E-state index contributed by atoms with van der Waals surface area (Å²) in [5.41, 5.74) is 5.25. The van der Waals surface area contributed by atoms with Crippen LogP contribution in [0.3, 0.4) is 0 Å². The van der Waals surface area contributed by atoms with Gasteiger partial charge < -0.3 is 20.5 Å². The zero-order chi connectivity index (χ0) is 13.1. The number of nitrogens with two attached hydrogens (primary N) is 1. The number of carbonyl (C=O) groups is 1. The summed E-state index contributed by atoms with van der Waals surface area (Å²) in [5.74, 6) is 0.0663. The van der Waals surface area contributed by atoms with Gasteiger partial charge in [0.25, 0.3) is 0 Å². The second-order valence-corrected chi connectivity index (χ2v) is 5.52. The van der Waals surface area contributed by atoms with E-state index in [1.807, 2.05) is 0 Å². The predicted molar refractivity (Wildman–Crippen MR) is 68.1 cm³/mol. The third-order valence-corrected chi connectivity index (χ3v) is 4.59. The molecule has 5 heteroatoms. The van der Waals surface area contributed by atoms with Gasteiger partial charge in [0.1, 0.15) is 0 Å².